The number of fused-ring (bicyclic) bond motifs is 2. The van der Waals surface area contributed by atoms with Crippen molar-refractivity contribution in [1.82, 2.24) is 20.7 Å². The second kappa shape index (κ2) is 7.70. The molecule has 1 aromatic heterocycles. The van der Waals surface area contributed by atoms with E-state index in [-0.39, 0.29) is 24.0 Å². The summed E-state index contributed by atoms with van der Waals surface area (Å²) in [7, 11) is 1.66. The Bertz CT molecular complexity index is 1080. The van der Waals surface area contributed by atoms with Gasteiger partial charge in [-0.15, -0.1) is 0 Å². The predicted molar refractivity (Wildman–Crippen MR) is 115 cm³/mol. The van der Waals surface area contributed by atoms with Crippen molar-refractivity contribution in [2.24, 2.45) is 0 Å². The topological polar surface area (TPSA) is 79.6 Å². The fourth-order valence-electron chi connectivity index (χ4n) is 4.05. The summed E-state index contributed by atoms with van der Waals surface area (Å²) in [6.07, 6.45) is 1.48. The first kappa shape index (κ1) is 19.0. The standard InChI is InChI=1S/C22H22N4O3S/c1-13-20(14-7-9-16(28-2)10-8-14)21-23-15(11-19(27)26(21)25-13)12-30-22-24-17-5-3-4-6-18(17)29-22/h3-11,13,20-21,23,25H,12H2,1-2H3. The van der Waals surface area contributed by atoms with Crippen molar-refractivity contribution in [3.05, 3.63) is 65.9 Å². The third-order valence-electron chi connectivity index (χ3n) is 5.49. The molecule has 2 aromatic carbocycles. The van der Waals surface area contributed by atoms with Gasteiger partial charge < -0.3 is 14.5 Å². The number of oxazole rings is 1. The molecule has 1 amide bonds. The zero-order chi connectivity index (χ0) is 20.7. The summed E-state index contributed by atoms with van der Waals surface area (Å²) in [4.78, 5) is 17.2. The molecular formula is C22H22N4O3S. The van der Waals surface area contributed by atoms with E-state index in [9.17, 15) is 4.79 Å². The molecule has 7 nitrogen and oxygen atoms in total. The number of carbonyl (C=O) groups is 1. The molecule has 1 saturated heterocycles. The van der Waals surface area contributed by atoms with E-state index in [1.807, 2.05) is 36.4 Å². The van der Waals surface area contributed by atoms with Gasteiger partial charge in [-0.05, 0) is 36.8 Å². The van der Waals surface area contributed by atoms with E-state index in [1.165, 1.54) is 11.8 Å². The van der Waals surface area contributed by atoms with Gasteiger partial charge in [-0.25, -0.2) is 10.4 Å². The van der Waals surface area contributed by atoms with Gasteiger partial charge in [0.25, 0.3) is 11.1 Å². The van der Waals surface area contributed by atoms with E-state index in [2.05, 4.69) is 34.8 Å². The number of hydrogen-bond acceptors (Lipinski definition) is 7. The summed E-state index contributed by atoms with van der Waals surface area (Å²) in [5.41, 5.74) is 6.92. The lowest BCUT2D eigenvalue weighted by Crippen LogP contribution is -2.53. The number of ether oxygens (including phenoxy) is 1. The van der Waals surface area contributed by atoms with Crippen LogP contribution in [0.3, 0.4) is 0 Å². The Hall–Kier alpha value is -2.97. The van der Waals surface area contributed by atoms with Crippen molar-refractivity contribution in [3.8, 4) is 5.75 Å². The summed E-state index contributed by atoms with van der Waals surface area (Å²) >= 11 is 1.48. The lowest BCUT2D eigenvalue weighted by Gasteiger charge is -2.33. The highest BCUT2D eigenvalue weighted by molar-refractivity contribution is 7.99. The zero-order valence-corrected chi connectivity index (χ0v) is 17.5. The van der Waals surface area contributed by atoms with Gasteiger partial charge in [0, 0.05) is 29.5 Å². The Morgan fingerprint density at radius 1 is 1.20 bits per heavy atom. The van der Waals surface area contributed by atoms with Gasteiger partial charge in [0.1, 0.15) is 17.4 Å². The monoisotopic (exact) mass is 422 g/mol. The molecule has 5 rings (SSSR count). The molecule has 1 fully saturated rings. The molecule has 2 aliphatic heterocycles. The minimum Gasteiger partial charge on any atom is -0.497 e. The van der Waals surface area contributed by atoms with Crippen LogP contribution in [0.4, 0.5) is 0 Å². The smallest absolute Gasteiger partial charge is 0.264 e. The number of benzene rings is 2. The maximum atomic E-state index is 12.7. The largest absolute Gasteiger partial charge is 0.497 e. The van der Waals surface area contributed by atoms with Crippen LogP contribution in [-0.2, 0) is 4.79 Å². The van der Waals surface area contributed by atoms with Crippen LogP contribution >= 0.6 is 11.8 Å². The van der Waals surface area contributed by atoms with E-state index < -0.39 is 0 Å². The van der Waals surface area contributed by atoms with Gasteiger partial charge in [0.05, 0.1) is 7.11 Å². The molecular weight excluding hydrogens is 400 g/mol. The molecule has 3 aromatic rings. The van der Waals surface area contributed by atoms with Crippen molar-refractivity contribution in [2.75, 3.05) is 12.9 Å². The predicted octanol–water partition coefficient (Wildman–Crippen LogP) is 3.26. The molecule has 0 radical (unpaired) electrons. The summed E-state index contributed by atoms with van der Waals surface area (Å²) in [6.45, 7) is 2.09. The molecule has 0 bridgehead atoms. The minimum atomic E-state index is -0.162. The number of thioether (sulfide) groups is 1. The molecule has 3 unspecified atom stereocenters. The number of carbonyl (C=O) groups excluding carboxylic acids is 1. The van der Waals surface area contributed by atoms with Gasteiger partial charge in [-0.2, -0.15) is 0 Å². The number of rotatable bonds is 5. The highest BCUT2D eigenvalue weighted by Crippen LogP contribution is 2.34. The van der Waals surface area contributed by atoms with Gasteiger partial charge in [-0.3, -0.25) is 9.80 Å². The lowest BCUT2D eigenvalue weighted by molar-refractivity contribution is -0.131. The summed E-state index contributed by atoms with van der Waals surface area (Å²) < 4.78 is 11.1. The van der Waals surface area contributed by atoms with Gasteiger partial charge in [0.2, 0.25) is 0 Å². The van der Waals surface area contributed by atoms with Crippen LogP contribution in [0.1, 0.15) is 18.4 Å². The van der Waals surface area contributed by atoms with Crippen LogP contribution in [0, 0.1) is 0 Å². The number of nitrogens with zero attached hydrogens (tertiary/aromatic N) is 2. The van der Waals surface area contributed by atoms with E-state index in [0.29, 0.717) is 11.0 Å². The fraction of sp³-hybridized carbons (Fsp3) is 0.273. The number of nitrogens with one attached hydrogen (secondary N) is 2. The lowest BCUT2D eigenvalue weighted by atomic mass is 9.90. The first-order valence-corrected chi connectivity index (χ1v) is 10.8. The number of amides is 1. The van der Waals surface area contributed by atoms with Crippen molar-refractivity contribution in [1.29, 1.82) is 0 Å². The second-order valence-corrected chi connectivity index (χ2v) is 8.35. The van der Waals surface area contributed by atoms with Crippen LogP contribution in [0.15, 0.2) is 69.9 Å². The Balaban J connectivity index is 1.33. The molecule has 0 spiro atoms. The maximum Gasteiger partial charge on any atom is 0.264 e. The minimum absolute atomic E-state index is 0.0465. The molecule has 8 heteroatoms. The summed E-state index contributed by atoms with van der Waals surface area (Å²) in [5.74, 6) is 1.46. The van der Waals surface area contributed by atoms with E-state index in [0.717, 1.165) is 28.1 Å². The molecule has 2 aliphatic rings. The van der Waals surface area contributed by atoms with Crippen LogP contribution in [0.5, 0.6) is 5.75 Å². The normalized spacial score (nSPS) is 23.3. The number of methoxy groups -OCH3 is 1. The van der Waals surface area contributed by atoms with Crippen LogP contribution in [0.25, 0.3) is 11.1 Å². The Labute approximate surface area is 178 Å². The molecule has 2 N–H and O–H groups in total. The second-order valence-electron chi connectivity index (χ2n) is 7.42. The first-order chi connectivity index (χ1) is 14.6. The molecule has 30 heavy (non-hydrogen) atoms. The molecule has 0 saturated carbocycles. The van der Waals surface area contributed by atoms with E-state index in [4.69, 9.17) is 9.15 Å². The average molecular weight is 423 g/mol. The number of hydrazine groups is 1. The SMILES string of the molecule is COc1ccc(C2C(C)NN3C(=O)C=C(CSc4nc5ccccc5o4)NC23)cc1. The molecule has 3 heterocycles. The Morgan fingerprint density at radius 2 is 2.00 bits per heavy atom. The zero-order valence-electron chi connectivity index (χ0n) is 16.7. The van der Waals surface area contributed by atoms with Crippen molar-refractivity contribution >= 4 is 28.8 Å². The fourth-order valence-corrected chi connectivity index (χ4v) is 4.81. The van der Waals surface area contributed by atoms with Gasteiger partial charge in [0.15, 0.2) is 5.58 Å². The van der Waals surface area contributed by atoms with Crippen LogP contribution in [0.2, 0.25) is 0 Å². The number of hydrogen-bond donors (Lipinski definition) is 2. The Morgan fingerprint density at radius 3 is 2.77 bits per heavy atom. The van der Waals surface area contributed by atoms with Gasteiger partial charge in [-0.1, -0.05) is 36.0 Å². The highest BCUT2D eigenvalue weighted by Gasteiger charge is 2.44. The van der Waals surface area contributed by atoms with Crippen LogP contribution < -0.4 is 15.5 Å². The molecule has 3 atom stereocenters. The highest BCUT2D eigenvalue weighted by atomic mass is 32.2. The first-order valence-electron chi connectivity index (χ1n) is 9.81. The summed E-state index contributed by atoms with van der Waals surface area (Å²) in [6, 6.07) is 15.8. The Kier molecular flexibility index (Phi) is 4.88. The van der Waals surface area contributed by atoms with Crippen molar-refractivity contribution in [3.63, 3.8) is 0 Å². The quantitative estimate of drug-likeness (QED) is 0.611. The third-order valence-corrected chi connectivity index (χ3v) is 6.37. The molecule has 0 aliphatic carbocycles. The van der Waals surface area contributed by atoms with Crippen molar-refractivity contribution in [2.45, 2.75) is 30.3 Å². The number of para-hydroxylation sites is 2. The average Bonchev–Trinajstić information content (AvgIpc) is 3.33. The maximum absolute atomic E-state index is 12.7. The summed E-state index contributed by atoms with van der Waals surface area (Å²) in [5, 5.41) is 5.82. The van der Waals surface area contributed by atoms with E-state index in [1.54, 1.807) is 18.2 Å². The van der Waals surface area contributed by atoms with Crippen LogP contribution in [-0.4, -0.2) is 41.0 Å². The molecule has 154 valence electrons. The van der Waals surface area contributed by atoms with Gasteiger partial charge >= 0.3 is 0 Å². The van der Waals surface area contributed by atoms with Crippen molar-refractivity contribution < 1.29 is 13.9 Å². The third kappa shape index (κ3) is 3.42. The number of aromatic nitrogens is 1. The van der Waals surface area contributed by atoms with E-state index >= 15 is 0 Å².